The molecule has 3 aromatic heterocycles. The van der Waals surface area contributed by atoms with Crippen LogP contribution in [0.5, 0.6) is 11.5 Å². The highest BCUT2D eigenvalue weighted by Gasteiger charge is 2.46. The number of carbonyl (C=O) groups is 1. The molecular formula is C27H23F2N5O3. The quantitative estimate of drug-likeness (QED) is 0.450. The second-order valence-corrected chi connectivity index (χ2v) is 10.1. The molecule has 1 aliphatic carbocycles. The minimum atomic E-state index is -3.00. The van der Waals surface area contributed by atoms with Gasteiger partial charge in [-0.05, 0) is 43.7 Å². The van der Waals surface area contributed by atoms with Gasteiger partial charge in [-0.3, -0.25) is 9.78 Å². The van der Waals surface area contributed by atoms with Gasteiger partial charge in [-0.15, -0.1) is 0 Å². The largest absolute Gasteiger partial charge is 0.489 e. The molecule has 4 aromatic rings. The van der Waals surface area contributed by atoms with Crippen LogP contribution in [0.4, 0.5) is 8.78 Å². The fraction of sp³-hybridized carbons (Fsp3) is 0.296. The number of nitrogens with zero attached hydrogens (tertiary/aromatic N) is 4. The minimum absolute atomic E-state index is 0.0173. The molecule has 2 aliphatic heterocycles. The van der Waals surface area contributed by atoms with E-state index in [9.17, 15) is 13.6 Å². The molecule has 5 heterocycles. The summed E-state index contributed by atoms with van der Waals surface area (Å²) in [4.78, 5) is 24.4. The number of fused-ring (bicyclic) bond motifs is 10. The fourth-order valence-electron chi connectivity index (χ4n) is 5.94. The first-order valence-electron chi connectivity index (χ1n) is 12.0. The van der Waals surface area contributed by atoms with Crippen LogP contribution >= 0.6 is 0 Å². The maximum atomic E-state index is 13.3. The molecule has 2 N–H and O–H groups in total. The first-order valence-corrected chi connectivity index (χ1v) is 12.0. The number of imidazole rings is 1. The van der Waals surface area contributed by atoms with E-state index in [1.807, 2.05) is 35.7 Å². The summed E-state index contributed by atoms with van der Waals surface area (Å²) in [5.41, 5.74) is 11.3. The van der Waals surface area contributed by atoms with Crippen LogP contribution in [-0.4, -0.2) is 45.4 Å². The number of pyridine rings is 2. The molecule has 1 amide bonds. The second kappa shape index (κ2) is 7.48. The van der Waals surface area contributed by atoms with Crippen LogP contribution in [0.3, 0.4) is 0 Å². The lowest BCUT2D eigenvalue weighted by Crippen LogP contribution is -2.35. The SMILES string of the molecule is CN1C(=O)c2cccc(OC(F)F)c2C2CC1c1nc3ccc(-c4cnc5c(c4)OCC5(C)N)cn3c12. The van der Waals surface area contributed by atoms with Gasteiger partial charge in [0.2, 0.25) is 0 Å². The third-order valence-corrected chi connectivity index (χ3v) is 7.69. The number of aromatic nitrogens is 3. The Hall–Kier alpha value is -4.05. The van der Waals surface area contributed by atoms with Crippen molar-refractivity contribution in [1.29, 1.82) is 0 Å². The van der Waals surface area contributed by atoms with Crippen LogP contribution in [0.25, 0.3) is 16.8 Å². The molecule has 0 spiro atoms. The van der Waals surface area contributed by atoms with E-state index in [2.05, 4.69) is 4.98 Å². The molecule has 0 radical (unpaired) electrons. The van der Waals surface area contributed by atoms with Crippen LogP contribution in [-0.2, 0) is 5.54 Å². The first kappa shape index (κ1) is 22.2. The van der Waals surface area contributed by atoms with E-state index >= 15 is 0 Å². The molecule has 8 nitrogen and oxygen atoms in total. The average Bonchev–Trinajstić information content (AvgIpc) is 3.50. The zero-order valence-corrected chi connectivity index (χ0v) is 20.1. The number of carbonyl (C=O) groups excluding carboxylic acids is 1. The van der Waals surface area contributed by atoms with Crippen LogP contribution in [0, 0.1) is 0 Å². The van der Waals surface area contributed by atoms with Crippen molar-refractivity contribution < 1.29 is 23.0 Å². The highest BCUT2D eigenvalue weighted by Crippen LogP contribution is 2.52. The van der Waals surface area contributed by atoms with Crippen molar-refractivity contribution in [2.75, 3.05) is 13.7 Å². The molecule has 3 aliphatic rings. The Balaban J connectivity index is 1.41. The molecule has 1 aromatic carbocycles. The molecule has 0 fully saturated rings. The van der Waals surface area contributed by atoms with E-state index in [1.165, 1.54) is 6.07 Å². The monoisotopic (exact) mass is 503 g/mol. The van der Waals surface area contributed by atoms with Crippen molar-refractivity contribution in [3.63, 3.8) is 0 Å². The maximum Gasteiger partial charge on any atom is 0.387 e. The highest BCUT2D eigenvalue weighted by molar-refractivity contribution is 5.98. The van der Waals surface area contributed by atoms with Crippen molar-refractivity contribution in [2.24, 2.45) is 5.73 Å². The summed E-state index contributed by atoms with van der Waals surface area (Å²) in [7, 11) is 1.73. The number of hydrogen-bond donors (Lipinski definition) is 1. The van der Waals surface area contributed by atoms with E-state index in [0.717, 1.165) is 28.2 Å². The van der Waals surface area contributed by atoms with E-state index < -0.39 is 12.2 Å². The van der Waals surface area contributed by atoms with Gasteiger partial charge in [0.15, 0.2) is 0 Å². The first-order chi connectivity index (χ1) is 17.7. The lowest BCUT2D eigenvalue weighted by Gasteiger charge is -2.24. The Labute approximate surface area is 210 Å². The molecule has 10 heteroatoms. The summed E-state index contributed by atoms with van der Waals surface area (Å²) in [5, 5.41) is 0. The second-order valence-electron chi connectivity index (χ2n) is 10.1. The zero-order chi connectivity index (χ0) is 25.6. The highest BCUT2D eigenvalue weighted by atomic mass is 19.3. The van der Waals surface area contributed by atoms with Crippen molar-refractivity contribution >= 4 is 11.6 Å². The Morgan fingerprint density at radius 2 is 2.08 bits per heavy atom. The third-order valence-electron chi connectivity index (χ3n) is 7.69. The Morgan fingerprint density at radius 1 is 1.24 bits per heavy atom. The van der Waals surface area contributed by atoms with Crippen LogP contribution < -0.4 is 15.2 Å². The predicted molar refractivity (Wildman–Crippen MR) is 130 cm³/mol. The van der Waals surface area contributed by atoms with Gasteiger partial charge in [0.05, 0.1) is 23.0 Å². The minimum Gasteiger partial charge on any atom is -0.489 e. The number of nitrogens with two attached hydrogens (primary N) is 1. The van der Waals surface area contributed by atoms with Crippen molar-refractivity contribution in [1.82, 2.24) is 19.3 Å². The van der Waals surface area contributed by atoms with E-state index in [1.54, 1.807) is 30.3 Å². The Kier molecular flexibility index (Phi) is 4.48. The van der Waals surface area contributed by atoms with Crippen molar-refractivity contribution in [3.05, 3.63) is 77.0 Å². The Morgan fingerprint density at radius 3 is 2.89 bits per heavy atom. The smallest absolute Gasteiger partial charge is 0.387 e. The zero-order valence-electron chi connectivity index (χ0n) is 20.1. The molecule has 0 saturated heterocycles. The molecule has 3 atom stereocenters. The lowest BCUT2D eigenvalue weighted by atomic mass is 9.91. The number of rotatable bonds is 3. The maximum absolute atomic E-state index is 13.3. The summed E-state index contributed by atoms with van der Waals surface area (Å²) >= 11 is 0. The summed E-state index contributed by atoms with van der Waals surface area (Å²) in [6.07, 6.45) is 4.28. The number of halogens is 2. The van der Waals surface area contributed by atoms with E-state index in [0.29, 0.717) is 35.6 Å². The molecule has 2 bridgehead atoms. The van der Waals surface area contributed by atoms with E-state index in [4.69, 9.17) is 20.2 Å². The van der Waals surface area contributed by atoms with Crippen molar-refractivity contribution in [3.8, 4) is 22.6 Å². The van der Waals surface area contributed by atoms with Gasteiger partial charge in [-0.2, -0.15) is 8.78 Å². The van der Waals surface area contributed by atoms with Gasteiger partial charge >= 0.3 is 6.61 Å². The normalized spacial score (nSPS) is 23.6. The number of alkyl halides is 2. The van der Waals surface area contributed by atoms with E-state index in [-0.39, 0.29) is 23.6 Å². The van der Waals surface area contributed by atoms with Gasteiger partial charge < -0.3 is 24.5 Å². The summed E-state index contributed by atoms with van der Waals surface area (Å²) in [6, 6.07) is 10.2. The molecule has 188 valence electrons. The topological polar surface area (TPSA) is 95.0 Å². The molecular weight excluding hydrogens is 480 g/mol. The summed E-state index contributed by atoms with van der Waals surface area (Å²) in [6.45, 7) is -0.749. The standard InChI is InChI=1S/C27H23F2N5O3/c1-27(30)12-36-19-8-14(10-31-24(19)27)13-6-7-20-32-22-17-9-16(23(22)34(20)11-13)21-15(25(35)33(17)2)4-3-5-18(21)37-26(28)29/h3-8,10-11,16-17,26H,9,12,30H2,1-2H3. The van der Waals surface area contributed by atoms with Crippen LogP contribution in [0.2, 0.25) is 0 Å². The summed E-state index contributed by atoms with van der Waals surface area (Å²) < 4.78 is 39.3. The van der Waals surface area contributed by atoms with Gasteiger partial charge in [0.25, 0.3) is 5.91 Å². The number of amides is 1. The van der Waals surface area contributed by atoms with Gasteiger partial charge in [-0.25, -0.2) is 4.98 Å². The number of hydrogen-bond acceptors (Lipinski definition) is 6. The average molecular weight is 504 g/mol. The predicted octanol–water partition coefficient (Wildman–Crippen LogP) is 4.23. The molecule has 37 heavy (non-hydrogen) atoms. The van der Waals surface area contributed by atoms with Crippen molar-refractivity contribution in [2.45, 2.75) is 37.5 Å². The third kappa shape index (κ3) is 3.11. The lowest BCUT2D eigenvalue weighted by molar-refractivity contribution is -0.0506. The van der Waals surface area contributed by atoms with Gasteiger partial charge in [0.1, 0.15) is 29.4 Å². The molecule has 0 saturated carbocycles. The molecule has 7 rings (SSSR count). The summed E-state index contributed by atoms with van der Waals surface area (Å²) in [5.74, 6) is 0.0996. The number of benzene rings is 1. The van der Waals surface area contributed by atoms with Crippen LogP contribution in [0.1, 0.15) is 58.3 Å². The Bertz CT molecular complexity index is 1620. The van der Waals surface area contributed by atoms with Crippen LogP contribution in [0.15, 0.2) is 48.8 Å². The number of ether oxygens (including phenoxy) is 2. The fourth-order valence-corrected chi connectivity index (χ4v) is 5.94. The van der Waals surface area contributed by atoms with Gasteiger partial charge in [-0.1, -0.05) is 6.07 Å². The van der Waals surface area contributed by atoms with Gasteiger partial charge in [0, 0.05) is 47.6 Å². The molecule has 3 unspecified atom stereocenters.